The van der Waals surface area contributed by atoms with Gasteiger partial charge in [-0.2, -0.15) is 0 Å². The van der Waals surface area contributed by atoms with Crippen molar-refractivity contribution in [2.45, 2.75) is 89.9 Å². The van der Waals surface area contributed by atoms with E-state index in [-0.39, 0.29) is 12.8 Å². The van der Waals surface area contributed by atoms with Gasteiger partial charge in [0, 0.05) is 6.42 Å². The lowest BCUT2D eigenvalue weighted by molar-refractivity contribution is -0.168. The average Bonchev–Trinajstić information content (AvgIpc) is 2.76. The van der Waals surface area contributed by atoms with Crippen molar-refractivity contribution in [3.05, 3.63) is 0 Å². The molecule has 0 aliphatic rings. The van der Waals surface area contributed by atoms with E-state index in [0.717, 1.165) is 32.1 Å². The van der Waals surface area contributed by atoms with Crippen LogP contribution in [0.15, 0.2) is 0 Å². The van der Waals surface area contributed by atoms with E-state index in [1.807, 2.05) is 13.8 Å². The largest absolute Gasteiger partial charge is 0.472 e. The molecule has 190 valence electrons. The number of esters is 2. The molecule has 0 fully saturated rings. The zero-order chi connectivity index (χ0) is 24.4. The van der Waals surface area contributed by atoms with E-state index in [4.69, 9.17) is 19.1 Å². The molecule has 0 aliphatic carbocycles. The molecule has 1 unspecified atom stereocenters. The normalized spacial score (nSPS) is 16.1. The molecular weight excluding hydrogens is 447 g/mol. The summed E-state index contributed by atoms with van der Waals surface area (Å²) in [7, 11) is -4.64. The number of carbonyl (C=O) groups is 2. The fourth-order valence-corrected chi connectivity index (χ4v) is 3.26. The molecule has 0 amide bonds. The second-order valence-corrected chi connectivity index (χ2v) is 8.91. The third-order valence-corrected chi connectivity index (χ3v) is 5.32. The minimum atomic E-state index is -4.64. The molecule has 0 heterocycles. The van der Waals surface area contributed by atoms with Crippen LogP contribution in [0.1, 0.15) is 71.6 Å². The van der Waals surface area contributed by atoms with Crippen molar-refractivity contribution >= 4 is 19.8 Å². The topological polar surface area (TPSA) is 169 Å². The van der Waals surface area contributed by atoms with Crippen molar-refractivity contribution in [3.8, 4) is 0 Å². The number of phosphoric acid groups is 1. The van der Waals surface area contributed by atoms with Gasteiger partial charge in [-0.25, -0.2) is 9.36 Å². The summed E-state index contributed by atoms with van der Waals surface area (Å²) in [6, 6.07) is 0. The van der Waals surface area contributed by atoms with Gasteiger partial charge in [0.25, 0.3) is 0 Å². The van der Waals surface area contributed by atoms with E-state index >= 15 is 0 Å². The third kappa shape index (κ3) is 16.5. The first-order chi connectivity index (χ1) is 15.1. The third-order valence-electron chi connectivity index (χ3n) is 4.37. The molecule has 0 rings (SSSR count). The van der Waals surface area contributed by atoms with Crippen molar-refractivity contribution in [1.82, 2.24) is 0 Å². The van der Waals surface area contributed by atoms with Gasteiger partial charge in [0.2, 0.25) is 0 Å². The predicted octanol–water partition coefficient (Wildman–Crippen LogP) is 1.84. The number of ether oxygens (including phenoxy) is 2. The lowest BCUT2D eigenvalue weighted by atomic mass is 10.1. The van der Waals surface area contributed by atoms with Gasteiger partial charge in [-0.05, 0) is 12.8 Å². The number of carbonyl (C=O) groups excluding carboxylic acids is 2. The first-order valence-corrected chi connectivity index (χ1v) is 12.6. The fourth-order valence-electron chi connectivity index (χ4n) is 2.47. The Morgan fingerprint density at radius 2 is 1.53 bits per heavy atom. The highest BCUT2D eigenvalue weighted by Crippen LogP contribution is 2.43. The Labute approximate surface area is 189 Å². The number of rotatable bonds is 20. The fraction of sp³-hybridized carbons (Fsp3) is 0.900. The molecule has 0 aromatic rings. The molecule has 0 bridgehead atoms. The number of phosphoric ester groups is 1. The predicted molar refractivity (Wildman–Crippen MR) is 115 cm³/mol. The number of hydrogen-bond acceptors (Lipinski definition) is 10. The van der Waals surface area contributed by atoms with E-state index in [1.165, 1.54) is 0 Å². The Morgan fingerprint density at radius 1 is 0.906 bits per heavy atom. The van der Waals surface area contributed by atoms with Crippen LogP contribution >= 0.6 is 7.82 Å². The van der Waals surface area contributed by atoms with E-state index in [0.29, 0.717) is 12.8 Å². The Hall–Kier alpha value is -1.07. The first-order valence-electron chi connectivity index (χ1n) is 11.1. The van der Waals surface area contributed by atoms with Crippen LogP contribution in [0.4, 0.5) is 0 Å². The Balaban J connectivity index is 4.78. The lowest BCUT2D eigenvalue weighted by Gasteiger charge is -2.21. The van der Waals surface area contributed by atoms with Gasteiger partial charge in [0.05, 0.1) is 19.8 Å². The van der Waals surface area contributed by atoms with Crippen molar-refractivity contribution in [2.24, 2.45) is 0 Å². The number of hydrogen-bond donors (Lipinski definition) is 4. The van der Waals surface area contributed by atoms with Crippen molar-refractivity contribution in [1.29, 1.82) is 0 Å². The summed E-state index contributed by atoms with van der Waals surface area (Å²) in [6.07, 6.45) is 2.24. The minimum Gasteiger partial charge on any atom is -0.462 e. The maximum absolute atomic E-state index is 12.2. The molecule has 0 aromatic heterocycles. The van der Waals surface area contributed by atoms with Crippen LogP contribution in [0.25, 0.3) is 0 Å². The van der Waals surface area contributed by atoms with E-state index < -0.39 is 64.5 Å². The van der Waals surface area contributed by atoms with Crippen LogP contribution in [0.3, 0.4) is 0 Å². The number of unbranched alkanes of at least 4 members (excludes halogenated alkanes) is 5. The van der Waals surface area contributed by atoms with E-state index in [2.05, 4.69) is 4.52 Å². The lowest BCUT2D eigenvalue weighted by Crippen LogP contribution is -2.34. The summed E-state index contributed by atoms with van der Waals surface area (Å²) >= 11 is 0. The summed E-state index contributed by atoms with van der Waals surface area (Å²) in [5.74, 6) is -1.48. The molecule has 0 saturated carbocycles. The molecule has 0 spiro atoms. The van der Waals surface area contributed by atoms with Crippen molar-refractivity contribution < 1.29 is 52.9 Å². The Bertz CT molecular complexity index is 558. The van der Waals surface area contributed by atoms with Gasteiger partial charge >= 0.3 is 19.8 Å². The molecule has 4 N–H and O–H groups in total. The molecule has 12 heteroatoms. The second-order valence-electron chi connectivity index (χ2n) is 7.46. The number of aliphatic hydroxyl groups excluding tert-OH is 3. The molecular formula is C20H39O11P. The Kier molecular flexibility index (Phi) is 17.8. The van der Waals surface area contributed by atoms with Gasteiger partial charge in [0.1, 0.15) is 12.7 Å². The molecule has 11 nitrogen and oxygen atoms in total. The van der Waals surface area contributed by atoms with Crippen LogP contribution in [-0.4, -0.2) is 76.9 Å². The molecule has 0 aliphatic heterocycles. The first kappa shape index (κ1) is 30.9. The quantitative estimate of drug-likeness (QED) is 0.112. The van der Waals surface area contributed by atoms with Crippen LogP contribution in [-0.2, 0) is 32.7 Å². The monoisotopic (exact) mass is 486 g/mol. The highest BCUT2D eigenvalue weighted by molar-refractivity contribution is 7.47. The van der Waals surface area contributed by atoms with Gasteiger partial charge in [-0.15, -0.1) is 0 Å². The molecule has 32 heavy (non-hydrogen) atoms. The maximum atomic E-state index is 12.2. The van der Waals surface area contributed by atoms with E-state index in [1.54, 1.807) is 0 Å². The number of aliphatic hydroxyl groups is 3. The van der Waals surface area contributed by atoms with Crippen LogP contribution in [0, 0.1) is 0 Å². The summed E-state index contributed by atoms with van der Waals surface area (Å²) in [5, 5.41) is 27.9. The van der Waals surface area contributed by atoms with Crippen molar-refractivity contribution in [3.63, 3.8) is 0 Å². The van der Waals surface area contributed by atoms with Gasteiger partial charge in [-0.1, -0.05) is 52.4 Å². The second kappa shape index (κ2) is 18.4. The Morgan fingerprint density at radius 3 is 2.16 bits per heavy atom. The maximum Gasteiger partial charge on any atom is 0.472 e. The van der Waals surface area contributed by atoms with Gasteiger partial charge in [-0.3, -0.25) is 13.8 Å². The van der Waals surface area contributed by atoms with Gasteiger partial charge in [0.15, 0.2) is 12.2 Å². The molecule has 0 saturated heterocycles. The van der Waals surface area contributed by atoms with Crippen LogP contribution < -0.4 is 0 Å². The average molecular weight is 486 g/mol. The summed E-state index contributed by atoms with van der Waals surface area (Å²) in [4.78, 5) is 33.6. The smallest absolute Gasteiger partial charge is 0.462 e. The molecule has 4 atom stereocenters. The van der Waals surface area contributed by atoms with E-state index in [9.17, 15) is 29.3 Å². The summed E-state index contributed by atoms with van der Waals surface area (Å²) < 4.78 is 31.4. The zero-order valence-corrected chi connectivity index (χ0v) is 19.9. The van der Waals surface area contributed by atoms with Crippen LogP contribution in [0.5, 0.6) is 0 Å². The zero-order valence-electron chi connectivity index (χ0n) is 19.0. The minimum absolute atomic E-state index is 0.177. The SMILES string of the molecule is CCCCCC[C@@H](O)C(=O)O[C@H](COC(=O)CCCCC)COP(=O)(O)OC[C@@H](O)CO. The highest BCUT2D eigenvalue weighted by Gasteiger charge is 2.28. The summed E-state index contributed by atoms with van der Waals surface area (Å²) in [6.45, 7) is 1.60. The highest BCUT2D eigenvalue weighted by atomic mass is 31.2. The molecule has 0 radical (unpaired) electrons. The van der Waals surface area contributed by atoms with Crippen LogP contribution in [0.2, 0.25) is 0 Å². The summed E-state index contributed by atoms with van der Waals surface area (Å²) in [5.41, 5.74) is 0. The van der Waals surface area contributed by atoms with Gasteiger partial charge < -0.3 is 29.7 Å². The van der Waals surface area contributed by atoms with Crippen molar-refractivity contribution in [2.75, 3.05) is 26.4 Å². The standard InChI is InChI=1S/C20H39O11P/c1-3-5-7-9-10-18(23)20(25)31-17(14-28-19(24)11-8-6-4-2)15-30-32(26,27)29-13-16(22)12-21/h16-18,21-23H,3-15H2,1-2H3,(H,26,27)/t16-,17+,18+/m0/s1. The molecule has 0 aromatic carbocycles.